The van der Waals surface area contributed by atoms with Crippen LogP contribution in [0.1, 0.15) is 61.1 Å². The Labute approximate surface area is 131 Å². The van der Waals surface area contributed by atoms with E-state index in [1.54, 1.807) is 14.0 Å². The maximum atomic E-state index is 12.2. The van der Waals surface area contributed by atoms with Gasteiger partial charge in [-0.2, -0.15) is 5.10 Å². The van der Waals surface area contributed by atoms with Crippen molar-refractivity contribution in [3.63, 3.8) is 0 Å². The molecule has 1 heterocycles. The molecule has 6 nitrogen and oxygen atoms in total. The van der Waals surface area contributed by atoms with Gasteiger partial charge in [-0.25, -0.2) is 4.79 Å². The van der Waals surface area contributed by atoms with Crippen molar-refractivity contribution in [2.75, 3.05) is 12.4 Å². The molecule has 1 aromatic rings. The molecule has 0 atom stereocenters. The molecule has 0 aromatic carbocycles. The summed E-state index contributed by atoms with van der Waals surface area (Å²) in [5.41, 5.74) is 1.36. The number of ether oxygens (including phenoxy) is 1. The summed E-state index contributed by atoms with van der Waals surface area (Å²) in [7, 11) is 2.98. The van der Waals surface area contributed by atoms with Gasteiger partial charge in [0, 0.05) is 13.5 Å². The van der Waals surface area contributed by atoms with E-state index in [0.717, 1.165) is 6.42 Å². The van der Waals surface area contributed by atoms with E-state index in [9.17, 15) is 9.59 Å². The van der Waals surface area contributed by atoms with E-state index in [1.165, 1.54) is 43.9 Å². The van der Waals surface area contributed by atoms with Gasteiger partial charge in [-0.05, 0) is 19.3 Å². The molecule has 122 valence electrons. The van der Waals surface area contributed by atoms with E-state index in [-0.39, 0.29) is 11.6 Å². The van der Waals surface area contributed by atoms with Crippen LogP contribution in [0.4, 0.5) is 5.69 Å². The summed E-state index contributed by atoms with van der Waals surface area (Å²) >= 11 is 0. The number of aryl methyl sites for hydroxylation is 2. The topological polar surface area (TPSA) is 73.2 Å². The van der Waals surface area contributed by atoms with Crippen molar-refractivity contribution in [2.24, 2.45) is 13.0 Å². The highest BCUT2D eigenvalue weighted by atomic mass is 16.5. The number of methoxy groups -OCH3 is 1. The lowest BCUT2D eigenvalue weighted by atomic mass is 9.86. The van der Waals surface area contributed by atoms with Crippen molar-refractivity contribution in [3.05, 3.63) is 11.4 Å². The standard InChI is InChI=1S/C16H25N3O3/c1-11-14(15(16(21)22-3)19(2)18-11)17-13(20)10-9-12-7-5-4-6-8-12/h12H,4-10H2,1-3H3,(H,17,20). The highest BCUT2D eigenvalue weighted by molar-refractivity contribution is 6.00. The molecular weight excluding hydrogens is 282 g/mol. The Hall–Kier alpha value is -1.85. The minimum absolute atomic E-state index is 0.0631. The summed E-state index contributed by atoms with van der Waals surface area (Å²) in [5, 5.41) is 7.02. The largest absolute Gasteiger partial charge is 0.464 e. The zero-order chi connectivity index (χ0) is 16.1. The molecule has 1 saturated carbocycles. The maximum Gasteiger partial charge on any atom is 0.358 e. The number of nitrogens with one attached hydrogen (secondary N) is 1. The van der Waals surface area contributed by atoms with Crippen LogP contribution in [0.15, 0.2) is 0 Å². The van der Waals surface area contributed by atoms with Gasteiger partial charge in [-0.3, -0.25) is 9.48 Å². The first-order valence-corrected chi connectivity index (χ1v) is 7.94. The van der Waals surface area contributed by atoms with Crippen LogP contribution < -0.4 is 5.32 Å². The third-order valence-corrected chi connectivity index (χ3v) is 4.37. The quantitative estimate of drug-likeness (QED) is 0.849. The second-order valence-corrected chi connectivity index (χ2v) is 6.02. The highest BCUT2D eigenvalue weighted by Gasteiger charge is 2.23. The fraction of sp³-hybridized carbons (Fsp3) is 0.688. The number of esters is 1. The van der Waals surface area contributed by atoms with E-state index < -0.39 is 5.97 Å². The lowest BCUT2D eigenvalue weighted by Crippen LogP contribution is -2.18. The van der Waals surface area contributed by atoms with Crippen LogP contribution in [0.25, 0.3) is 0 Å². The monoisotopic (exact) mass is 307 g/mol. The number of hydrogen-bond donors (Lipinski definition) is 1. The minimum atomic E-state index is -0.495. The molecule has 0 unspecified atom stereocenters. The molecule has 1 N–H and O–H groups in total. The third kappa shape index (κ3) is 3.87. The van der Waals surface area contributed by atoms with Crippen molar-refractivity contribution in [1.29, 1.82) is 0 Å². The highest BCUT2D eigenvalue weighted by Crippen LogP contribution is 2.28. The van der Waals surface area contributed by atoms with Crippen LogP contribution in [-0.2, 0) is 16.6 Å². The molecule has 0 spiro atoms. The Morgan fingerprint density at radius 3 is 2.64 bits per heavy atom. The number of carbonyl (C=O) groups excluding carboxylic acids is 2. The van der Waals surface area contributed by atoms with E-state index >= 15 is 0 Å². The van der Waals surface area contributed by atoms with Gasteiger partial charge >= 0.3 is 5.97 Å². The normalized spacial score (nSPS) is 15.6. The number of nitrogens with zero attached hydrogens (tertiary/aromatic N) is 2. The Bertz CT molecular complexity index is 545. The summed E-state index contributed by atoms with van der Waals surface area (Å²) in [4.78, 5) is 24.0. The summed E-state index contributed by atoms with van der Waals surface area (Å²) in [6.45, 7) is 1.77. The predicted molar refractivity (Wildman–Crippen MR) is 83.7 cm³/mol. The van der Waals surface area contributed by atoms with Gasteiger partial charge < -0.3 is 10.1 Å². The predicted octanol–water partition coefficient (Wildman–Crippen LogP) is 2.81. The first-order chi connectivity index (χ1) is 10.5. The molecule has 0 radical (unpaired) electrons. The van der Waals surface area contributed by atoms with E-state index in [1.807, 2.05) is 0 Å². The SMILES string of the molecule is COC(=O)c1c(NC(=O)CCC2CCCCC2)c(C)nn1C. The van der Waals surface area contributed by atoms with Crippen LogP contribution >= 0.6 is 0 Å². The van der Waals surface area contributed by atoms with Crippen LogP contribution in [-0.4, -0.2) is 28.8 Å². The van der Waals surface area contributed by atoms with Crippen LogP contribution in [0.5, 0.6) is 0 Å². The zero-order valence-electron chi connectivity index (χ0n) is 13.6. The number of amides is 1. The van der Waals surface area contributed by atoms with Gasteiger partial charge in [-0.1, -0.05) is 32.1 Å². The molecule has 0 aliphatic heterocycles. The Balaban J connectivity index is 1.97. The van der Waals surface area contributed by atoms with Gasteiger partial charge in [0.15, 0.2) is 5.69 Å². The first kappa shape index (κ1) is 16.5. The lowest BCUT2D eigenvalue weighted by molar-refractivity contribution is -0.116. The summed E-state index contributed by atoms with van der Waals surface area (Å²) in [6, 6.07) is 0. The fourth-order valence-corrected chi connectivity index (χ4v) is 3.15. The number of anilines is 1. The number of rotatable bonds is 5. The van der Waals surface area contributed by atoms with Crippen molar-refractivity contribution in [3.8, 4) is 0 Å². The van der Waals surface area contributed by atoms with Gasteiger partial charge in [-0.15, -0.1) is 0 Å². The average Bonchev–Trinajstić information content (AvgIpc) is 2.79. The van der Waals surface area contributed by atoms with Crippen LogP contribution in [0.3, 0.4) is 0 Å². The third-order valence-electron chi connectivity index (χ3n) is 4.37. The summed E-state index contributed by atoms with van der Waals surface area (Å²) < 4.78 is 6.20. The minimum Gasteiger partial charge on any atom is -0.464 e. The molecule has 2 rings (SSSR count). The summed E-state index contributed by atoms with van der Waals surface area (Å²) in [5.74, 6) is 0.104. The van der Waals surface area contributed by atoms with E-state index in [4.69, 9.17) is 4.74 Å². The van der Waals surface area contributed by atoms with Gasteiger partial charge in [0.1, 0.15) is 0 Å². The smallest absolute Gasteiger partial charge is 0.358 e. The molecule has 1 fully saturated rings. The molecule has 22 heavy (non-hydrogen) atoms. The van der Waals surface area contributed by atoms with E-state index in [2.05, 4.69) is 10.4 Å². The molecule has 0 saturated heterocycles. The Morgan fingerprint density at radius 1 is 1.32 bits per heavy atom. The molecule has 1 amide bonds. The Kier molecular flexibility index (Phi) is 5.57. The lowest BCUT2D eigenvalue weighted by Gasteiger charge is -2.21. The first-order valence-electron chi connectivity index (χ1n) is 7.94. The van der Waals surface area contributed by atoms with Crippen LogP contribution in [0.2, 0.25) is 0 Å². The van der Waals surface area contributed by atoms with Gasteiger partial charge in [0.2, 0.25) is 5.91 Å². The molecule has 1 aliphatic rings. The molecule has 1 aliphatic carbocycles. The second kappa shape index (κ2) is 7.42. The molecular formula is C16H25N3O3. The van der Waals surface area contributed by atoms with Gasteiger partial charge in [0.05, 0.1) is 18.5 Å². The fourth-order valence-electron chi connectivity index (χ4n) is 3.15. The van der Waals surface area contributed by atoms with Crippen molar-refractivity contribution >= 4 is 17.6 Å². The zero-order valence-corrected chi connectivity index (χ0v) is 13.6. The average molecular weight is 307 g/mol. The Morgan fingerprint density at radius 2 is 2.00 bits per heavy atom. The number of carbonyl (C=O) groups is 2. The van der Waals surface area contributed by atoms with Crippen molar-refractivity contribution < 1.29 is 14.3 Å². The molecule has 0 bridgehead atoms. The number of aromatic nitrogens is 2. The van der Waals surface area contributed by atoms with Crippen molar-refractivity contribution in [1.82, 2.24) is 9.78 Å². The van der Waals surface area contributed by atoms with Crippen molar-refractivity contribution in [2.45, 2.75) is 51.9 Å². The van der Waals surface area contributed by atoms with Crippen LogP contribution in [0, 0.1) is 12.8 Å². The summed E-state index contributed by atoms with van der Waals surface area (Å²) in [6.07, 6.45) is 7.73. The second-order valence-electron chi connectivity index (χ2n) is 6.02. The number of hydrogen-bond acceptors (Lipinski definition) is 4. The molecule has 1 aromatic heterocycles. The van der Waals surface area contributed by atoms with Gasteiger partial charge in [0.25, 0.3) is 0 Å². The molecule has 6 heteroatoms. The maximum absolute atomic E-state index is 12.2. The van der Waals surface area contributed by atoms with E-state index in [0.29, 0.717) is 23.7 Å².